The summed E-state index contributed by atoms with van der Waals surface area (Å²) in [6.07, 6.45) is 0. The first kappa shape index (κ1) is 14.9. The number of carbonyl (C=O) groups is 1. The number of carbonyl (C=O) groups excluding carboxylic acids is 1. The van der Waals surface area contributed by atoms with E-state index in [9.17, 15) is 18.0 Å². The Balaban J connectivity index is 1.98. The van der Waals surface area contributed by atoms with Crippen molar-refractivity contribution >= 4 is 17.3 Å². The van der Waals surface area contributed by atoms with Crippen molar-refractivity contribution in [1.29, 1.82) is 0 Å². The molecule has 0 fully saturated rings. The first-order valence-electron chi connectivity index (χ1n) is 6.21. The maximum absolute atomic E-state index is 13.7. The molecule has 0 saturated carbocycles. The van der Waals surface area contributed by atoms with Crippen LogP contribution in [0.1, 0.15) is 5.56 Å². The standard InChI is InChI=1S/C15H13F3N2O/c1-9-2-7-12(17)15(14(9)18)19-8-13(21)20-11-5-3-10(16)4-6-11/h2-7,19H,8H2,1H3,(H,20,21). The second-order valence-corrected chi connectivity index (χ2v) is 4.46. The predicted molar refractivity (Wildman–Crippen MR) is 74.6 cm³/mol. The first-order valence-corrected chi connectivity index (χ1v) is 6.21. The smallest absolute Gasteiger partial charge is 0.243 e. The van der Waals surface area contributed by atoms with Crippen molar-refractivity contribution in [2.24, 2.45) is 0 Å². The van der Waals surface area contributed by atoms with E-state index >= 15 is 0 Å². The van der Waals surface area contributed by atoms with E-state index in [1.165, 1.54) is 37.3 Å². The predicted octanol–water partition coefficient (Wildman–Crippen LogP) is 3.46. The molecule has 2 aromatic rings. The molecule has 1 amide bonds. The number of rotatable bonds is 4. The SMILES string of the molecule is Cc1ccc(F)c(NCC(=O)Nc2ccc(F)cc2)c1F. The molecule has 0 atom stereocenters. The highest BCUT2D eigenvalue weighted by Gasteiger charge is 2.12. The number of anilines is 2. The molecule has 0 aliphatic heterocycles. The van der Waals surface area contributed by atoms with Crippen molar-refractivity contribution in [3.05, 3.63) is 59.4 Å². The van der Waals surface area contributed by atoms with Crippen molar-refractivity contribution < 1.29 is 18.0 Å². The Labute approximate surface area is 119 Å². The van der Waals surface area contributed by atoms with Crippen LogP contribution in [0.5, 0.6) is 0 Å². The summed E-state index contributed by atoms with van der Waals surface area (Å²) in [5.41, 5.74) is 0.329. The van der Waals surface area contributed by atoms with Crippen LogP contribution in [0.2, 0.25) is 0 Å². The number of hydrogen-bond donors (Lipinski definition) is 2. The first-order chi connectivity index (χ1) is 9.97. The molecule has 0 radical (unpaired) electrons. The van der Waals surface area contributed by atoms with Crippen LogP contribution in [0.4, 0.5) is 24.5 Å². The van der Waals surface area contributed by atoms with Crippen LogP contribution >= 0.6 is 0 Å². The molecular weight excluding hydrogens is 281 g/mol. The molecule has 3 nitrogen and oxygen atoms in total. The maximum atomic E-state index is 13.7. The largest absolute Gasteiger partial charge is 0.371 e. The van der Waals surface area contributed by atoms with E-state index in [-0.39, 0.29) is 17.8 Å². The molecule has 110 valence electrons. The van der Waals surface area contributed by atoms with Gasteiger partial charge in [-0.3, -0.25) is 4.79 Å². The van der Waals surface area contributed by atoms with E-state index in [1.807, 2.05) is 0 Å². The van der Waals surface area contributed by atoms with Crippen LogP contribution in [0.25, 0.3) is 0 Å². The topological polar surface area (TPSA) is 41.1 Å². The average Bonchev–Trinajstić information content (AvgIpc) is 2.45. The molecular formula is C15H13F3N2O. The minimum atomic E-state index is -0.771. The number of benzene rings is 2. The summed E-state index contributed by atoms with van der Waals surface area (Å²) in [4.78, 5) is 11.7. The van der Waals surface area contributed by atoms with Gasteiger partial charge in [0.05, 0.1) is 6.54 Å². The van der Waals surface area contributed by atoms with Gasteiger partial charge in [-0.15, -0.1) is 0 Å². The van der Waals surface area contributed by atoms with E-state index in [2.05, 4.69) is 10.6 Å². The number of halogens is 3. The van der Waals surface area contributed by atoms with Gasteiger partial charge in [-0.05, 0) is 42.8 Å². The van der Waals surface area contributed by atoms with Crippen LogP contribution in [0, 0.1) is 24.4 Å². The zero-order chi connectivity index (χ0) is 15.4. The fourth-order valence-corrected chi connectivity index (χ4v) is 1.73. The summed E-state index contributed by atoms with van der Waals surface area (Å²) in [6.45, 7) is 1.19. The van der Waals surface area contributed by atoms with Crippen molar-refractivity contribution in [1.82, 2.24) is 0 Å². The number of hydrogen-bond acceptors (Lipinski definition) is 2. The quantitative estimate of drug-likeness (QED) is 0.906. The van der Waals surface area contributed by atoms with Crippen LogP contribution in [0.3, 0.4) is 0 Å². The molecule has 0 heterocycles. The van der Waals surface area contributed by atoms with Crippen LogP contribution in [0.15, 0.2) is 36.4 Å². The molecule has 2 rings (SSSR count). The van der Waals surface area contributed by atoms with E-state index in [4.69, 9.17) is 0 Å². The Morgan fingerprint density at radius 1 is 1.05 bits per heavy atom. The summed E-state index contributed by atoms with van der Waals surface area (Å²) >= 11 is 0. The summed E-state index contributed by atoms with van der Waals surface area (Å²) in [7, 11) is 0. The van der Waals surface area contributed by atoms with Crippen LogP contribution in [-0.2, 0) is 4.79 Å². The lowest BCUT2D eigenvalue weighted by Crippen LogP contribution is -2.22. The average molecular weight is 294 g/mol. The highest BCUT2D eigenvalue weighted by molar-refractivity contribution is 5.93. The van der Waals surface area contributed by atoms with E-state index in [1.54, 1.807) is 0 Å². The normalized spacial score (nSPS) is 10.3. The van der Waals surface area contributed by atoms with Gasteiger partial charge in [0.25, 0.3) is 0 Å². The van der Waals surface area contributed by atoms with Gasteiger partial charge < -0.3 is 10.6 Å². The number of amides is 1. The van der Waals surface area contributed by atoms with Crippen LogP contribution in [-0.4, -0.2) is 12.5 Å². The Bertz CT molecular complexity index is 657. The lowest BCUT2D eigenvalue weighted by atomic mass is 10.2. The summed E-state index contributed by atoms with van der Waals surface area (Å²) in [5, 5.41) is 4.90. The molecule has 0 spiro atoms. The summed E-state index contributed by atoms with van der Waals surface area (Å²) in [6, 6.07) is 7.61. The van der Waals surface area contributed by atoms with Crippen molar-refractivity contribution in [2.45, 2.75) is 6.92 Å². The molecule has 0 aliphatic carbocycles. The summed E-state index contributed by atoms with van der Waals surface area (Å²) < 4.78 is 39.9. The van der Waals surface area contributed by atoms with Crippen LogP contribution < -0.4 is 10.6 Å². The molecule has 2 N–H and O–H groups in total. The van der Waals surface area contributed by atoms with E-state index in [0.29, 0.717) is 5.69 Å². The lowest BCUT2D eigenvalue weighted by molar-refractivity contribution is -0.114. The molecule has 6 heteroatoms. The Hall–Kier alpha value is -2.50. The molecule has 0 aromatic heterocycles. The Kier molecular flexibility index (Phi) is 4.47. The van der Waals surface area contributed by atoms with Crippen molar-refractivity contribution in [3.63, 3.8) is 0 Å². The number of aryl methyl sites for hydroxylation is 1. The van der Waals surface area contributed by atoms with Crippen molar-refractivity contribution in [2.75, 3.05) is 17.2 Å². The third-order valence-corrected chi connectivity index (χ3v) is 2.84. The Morgan fingerprint density at radius 2 is 1.71 bits per heavy atom. The maximum Gasteiger partial charge on any atom is 0.243 e. The number of nitrogens with one attached hydrogen (secondary N) is 2. The van der Waals surface area contributed by atoms with E-state index in [0.717, 1.165) is 6.07 Å². The van der Waals surface area contributed by atoms with Gasteiger partial charge in [0, 0.05) is 5.69 Å². The van der Waals surface area contributed by atoms with Gasteiger partial charge in [-0.25, -0.2) is 13.2 Å². The van der Waals surface area contributed by atoms with Gasteiger partial charge >= 0.3 is 0 Å². The van der Waals surface area contributed by atoms with Gasteiger partial charge in [0.15, 0.2) is 5.82 Å². The molecule has 21 heavy (non-hydrogen) atoms. The minimum Gasteiger partial charge on any atom is -0.371 e. The molecule has 0 saturated heterocycles. The van der Waals surface area contributed by atoms with Gasteiger partial charge in [0.2, 0.25) is 5.91 Å². The molecule has 2 aromatic carbocycles. The third kappa shape index (κ3) is 3.75. The molecule has 0 aliphatic rings. The third-order valence-electron chi connectivity index (χ3n) is 2.84. The summed E-state index contributed by atoms with van der Waals surface area (Å²) in [5.74, 6) is -2.42. The highest BCUT2D eigenvalue weighted by Crippen LogP contribution is 2.21. The van der Waals surface area contributed by atoms with Crippen molar-refractivity contribution in [3.8, 4) is 0 Å². The molecule has 0 unspecified atom stereocenters. The minimum absolute atomic E-state index is 0.276. The monoisotopic (exact) mass is 294 g/mol. The second kappa shape index (κ2) is 6.30. The fourth-order valence-electron chi connectivity index (χ4n) is 1.73. The van der Waals surface area contributed by atoms with Gasteiger partial charge in [-0.2, -0.15) is 0 Å². The fraction of sp³-hybridized carbons (Fsp3) is 0.133. The van der Waals surface area contributed by atoms with E-state index < -0.39 is 23.4 Å². The zero-order valence-electron chi connectivity index (χ0n) is 11.2. The highest BCUT2D eigenvalue weighted by atomic mass is 19.1. The zero-order valence-corrected chi connectivity index (χ0v) is 11.2. The Morgan fingerprint density at radius 3 is 2.38 bits per heavy atom. The van der Waals surface area contributed by atoms with Gasteiger partial charge in [-0.1, -0.05) is 6.07 Å². The van der Waals surface area contributed by atoms with Gasteiger partial charge in [0.1, 0.15) is 17.3 Å². The lowest BCUT2D eigenvalue weighted by Gasteiger charge is -2.10. The second-order valence-electron chi connectivity index (χ2n) is 4.46. The molecule has 0 bridgehead atoms.